The Kier molecular flexibility index (Phi) is 7.51. The first-order chi connectivity index (χ1) is 12.2. The van der Waals surface area contributed by atoms with Gasteiger partial charge in [-0.15, -0.1) is 0 Å². The van der Waals surface area contributed by atoms with Gasteiger partial charge in [0.15, 0.2) is 0 Å². The first-order valence-corrected chi connectivity index (χ1v) is 10.5. The van der Waals surface area contributed by atoms with Crippen molar-refractivity contribution in [2.75, 3.05) is 32.7 Å². The van der Waals surface area contributed by atoms with Crippen LogP contribution in [0.2, 0.25) is 0 Å². The molecule has 5 nitrogen and oxygen atoms in total. The lowest BCUT2D eigenvalue weighted by atomic mass is 9.93. The molecule has 150 valence electrons. The van der Waals surface area contributed by atoms with Crippen molar-refractivity contribution in [3.05, 3.63) is 0 Å². The molecule has 0 bridgehead atoms. The van der Waals surface area contributed by atoms with E-state index in [0.29, 0.717) is 11.8 Å². The zero-order valence-corrected chi connectivity index (χ0v) is 17.5. The number of carbonyl (C=O) groups is 2. The zero-order chi connectivity index (χ0) is 19.3. The summed E-state index contributed by atoms with van der Waals surface area (Å²) in [6.45, 7) is 14.2. The number of hydrogen-bond acceptors (Lipinski definition) is 3. The molecule has 2 fully saturated rings. The van der Waals surface area contributed by atoms with E-state index in [1.54, 1.807) is 0 Å². The number of carbonyl (C=O) groups excluding carboxylic acids is 2. The van der Waals surface area contributed by atoms with Gasteiger partial charge in [-0.2, -0.15) is 0 Å². The van der Waals surface area contributed by atoms with Crippen LogP contribution in [0.15, 0.2) is 0 Å². The predicted octanol–water partition coefficient (Wildman–Crippen LogP) is 2.90. The Balaban J connectivity index is 1.96. The fraction of sp³-hybridized carbons (Fsp3) is 0.905. The van der Waals surface area contributed by atoms with E-state index in [-0.39, 0.29) is 23.3 Å². The third kappa shape index (κ3) is 5.70. The van der Waals surface area contributed by atoms with Crippen LogP contribution >= 0.6 is 0 Å². The summed E-state index contributed by atoms with van der Waals surface area (Å²) in [5.41, 5.74) is -0.332. The summed E-state index contributed by atoms with van der Waals surface area (Å²) in [7, 11) is 0. The highest BCUT2D eigenvalue weighted by molar-refractivity contribution is 5.83. The van der Waals surface area contributed by atoms with Gasteiger partial charge in [0, 0.05) is 38.1 Å². The topological polar surface area (TPSA) is 52.7 Å². The molecule has 0 aromatic heterocycles. The Hall–Kier alpha value is -1.10. The van der Waals surface area contributed by atoms with Gasteiger partial charge in [-0.05, 0) is 31.1 Å². The summed E-state index contributed by atoms with van der Waals surface area (Å²) >= 11 is 0. The summed E-state index contributed by atoms with van der Waals surface area (Å²) in [4.78, 5) is 29.8. The van der Waals surface area contributed by atoms with Gasteiger partial charge >= 0.3 is 0 Å². The van der Waals surface area contributed by atoms with E-state index in [0.717, 1.165) is 52.0 Å². The molecule has 1 aliphatic heterocycles. The van der Waals surface area contributed by atoms with Gasteiger partial charge in [-0.3, -0.25) is 14.5 Å². The molecule has 5 heteroatoms. The highest BCUT2D eigenvalue weighted by Crippen LogP contribution is 2.31. The van der Waals surface area contributed by atoms with E-state index < -0.39 is 0 Å². The van der Waals surface area contributed by atoms with E-state index in [9.17, 15) is 9.59 Å². The minimum atomic E-state index is -0.332. The summed E-state index contributed by atoms with van der Waals surface area (Å²) in [6, 6.07) is -0.0171. The molecule has 2 rings (SSSR count). The van der Waals surface area contributed by atoms with Crippen molar-refractivity contribution >= 4 is 11.8 Å². The molecule has 1 N–H and O–H groups in total. The molecule has 0 aromatic carbocycles. The van der Waals surface area contributed by atoms with Gasteiger partial charge < -0.3 is 10.2 Å². The standard InChI is InChI=1S/C21H39N3O2/c1-16(2)10-11-22-19(25)18(17-8-6-7-9-17)23-12-14-24(15-13-23)20(26)21(3,4)5/h16-18H,6-15H2,1-5H3,(H,22,25). The lowest BCUT2D eigenvalue weighted by Gasteiger charge is -2.42. The van der Waals surface area contributed by atoms with Crippen LogP contribution in [0.25, 0.3) is 0 Å². The number of amides is 2. The van der Waals surface area contributed by atoms with E-state index in [1.807, 2.05) is 25.7 Å². The zero-order valence-electron chi connectivity index (χ0n) is 17.5. The second-order valence-electron chi connectivity index (χ2n) is 9.54. The van der Waals surface area contributed by atoms with Crippen LogP contribution in [-0.4, -0.2) is 60.4 Å². The fourth-order valence-corrected chi connectivity index (χ4v) is 4.22. The minimum Gasteiger partial charge on any atom is -0.355 e. The van der Waals surface area contributed by atoms with Gasteiger partial charge in [-0.25, -0.2) is 0 Å². The van der Waals surface area contributed by atoms with Crippen molar-refractivity contribution in [3.63, 3.8) is 0 Å². The normalized spacial score (nSPS) is 21.2. The van der Waals surface area contributed by atoms with Crippen LogP contribution in [0.5, 0.6) is 0 Å². The Labute approximate surface area is 159 Å². The van der Waals surface area contributed by atoms with E-state index in [2.05, 4.69) is 24.1 Å². The van der Waals surface area contributed by atoms with Crippen LogP contribution in [0, 0.1) is 17.3 Å². The maximum atomic E-state index is 13.0. The third-order valence-corrected chi connectivity index (χ3v) is 5.77. The number of nitrogens with zero attached hydrogens (tertiary/aromatic N) is 2. The quantitative estimate of drug-likeness (QED) is 0.787. The van der Waals surface area contributed by atoms with E-state index in [4.69, 9.17) is 0 Å². The molecule has 0 spiro atoms. The Morgan fingerprint density at radius 1 is 1.04 bits per heavy atom. The summed E-state index contributed by atoms with van der Waals surface area (Å²) < 4.78 is 0. The van der Waals surface area contributed by atoms with Crippen LogP contribution in [0.1, 0.15) is 66.7 Å². The van der Waals surface area contributed by atoms with Crippen molar-refractivity contribution < 1.29 is 9.59 Å². The Bertz CT molecular complexity index is 470. The molecule has 0 aromatic rings. The maximum absolute atomic E-state index is 13.0. The van der Waals surface area contributed by atoms with Crippen molar-refractivity contribution in [2.24, 2.45) is 17.3 Å². The predicted molar refractivity (Wildman–Crippen MR) is 106 cm³/mol. The van der Waals surface area contributed by atoms with Crippen molar-refractivity contribution in [3.8, 4) is 0 Å². The molecule has 26 heavy (non-hydrogen) atoms. The molecule has 1 aliphatic carbocycles. The van der Waals surface area contributed by atoms with Crippen molar-refractivity contribution in [1.82, 2.24) is 15.1 Å². The summed E-state index contributed by atoms with van der Waals surface area (Å²) in [5.74, 6) is 1.50. The SMILES string of the molecule is CC(C)CCNC(=O)C(C1CCCC1)N1CCN(C(=O)C(C)(C)C)CC1. The third-order valence-electron chi connectivity index (χ3n) is 5.77. The summed E-state index contributed by atoms with van der Waals surface area (Å²) in [6.07, 6.45) is 5.82. The fourth-order valence-electron chi connectivity index (χ4n) is 4.22. The second-order valence-corrected chi connectivity index (χ2v) is 9.54. The lowest BCUT2D eigenvalue weighted by molar-refractivity contribution is -0.142. The Morgan fingerprint density at radius 2 is 1.62 bits per heavy atom. The molecular formula is C21H39N3O2. The van der Waals surface area contributed by atoms with Gasteiger partial charge in [-0.1, -0.05) is 47.5 Å². The molecule has 0 radical (unpaired) electrons. The maximum Gasteiger partial charge on any atom is 0.237 e. The largest absolute Gasteiger partial charge is 0.355 e. The number of piperazine rings is 1. The molecule has 1 atom stereocenters. The number of nitrogens with one attached hydrogen (secondary N) is 1. The van der Waals surface area contributed by atoms with E-state index in [1.165, 1.54) is 12.8 Å². The molecule has 1 heterocycles. The first-order valence-electron chi connectivity index (χ1n) is 10.5. The summed E-state index contributed by atoms with van der Waals surface area (Å²) in [5, 5.41) is 3.19. The number of rotatable bonds is 6. The van der Waals surface area contributed by atoms with Gasteiger partial charge in [0.2, 0.25) is 11.8 Å². The van der Waals surface area contributed by atoms with E-state index >= 15 is 0 Å². The molecule has 2 aliphatic rings. The monoisotopic (exact) mass is 365 g/mol. The van der Waals surface area contributed by atoms with Crippen LogP contribution in [-0.2, 0) is 9.59 Å². The molecule has 1 saturated heterocycles. The van der Waals surface area contributed by atoms with Crippen LogP contribution < -0.4 is 5.32 Å². The molecular weight excluding hydrogens is 326 g/mol. The first kappa shape index (κ1) is 21.2. The Morgan fingerprint density at radius 3 is 2.12 bits per heavy atom. The van der Waals surface area contributed by atoms with Crippen molar-refractivity contribution in [1.29, 1.82) is 0 Å². The van der Waals surface area contributed by atoms with Crippen molar-refractivity contribution in [2.45, 2.75) is 72.8 Å². The highest BCUT2D eigenvalue weighted by atomic mass is 16.2. The smallest absolute Gasteiger partial charge is 0.237 e. The van der Waals surface area contributed by atoms with Crippen LogP contribution in [0.3, 0.4) is 0 Å². The second kappa shape index (κ2) is 9.20. The lowest BCUT2D eigenvalue weighted by Crippen LogP contribution is -2.59. The van der Waals surface area contributed by atoms with Crippen LogP contribution in [0.4, 0.5) is 0 Å². The van der Waals surface area contributed by atoms with Gasteiger partial charge in [0.05, 0.1) is 6.04 Å². The minimum absolute atomic E-state index is 0.0171. The molecule has 1 saturated carbocycles. The average molecular weight is 366 g/mol. The number of hydrogen-bond donors (Lipinski definition) is 1. The molecule has 1 unspecified atom stereocenters. The average Bonchev–Trinajstić information content (AvgIpc) is 3.08. The van der Waals surface area contributed by atoms with Gasteiger partial charge in [0.1, 0.15) is 0 Å². The molecule has 2 amide bonds. The van der Waals surface area contributed by atoms with Gasteiger partial charge in [0.25, 0.3) is 0 Å². The highest BCUT2D eigenvalue weighted by Gasteiger charge is 2.38.